The normalized spacial score (nSPS) is 12.1. The van der Waals surface area contributed by atoms with E-state index in [-0.39, 0.29) is 16.6 Å². The Hall–Kier alpha value is -1.40. The minimum Gasteiger partial charge on any atom is -0.301 e. The molecule has 4 nitrogen and oxygen atoms in total. The van der Waals surface area contributed by atoms with E-state index in [4.69, 9.17) is 0 Å². The standard InChI is InChI=1S/C13H11BrN2O2S/c1-8(19-13-15-7-6-11(17)16-13)12(18)9-2-4-10(14)5-3-9/h2-8H,1H3,(H,15,16,17). The van der Waals surface area contributed by atoms with E-state index in [1.807, 2.05) is 12.1 Å². The molecule has 2 rings (SSSR count). The zero-order valence-corrected chi connectivity index (χ0v) is 12.5. The molecule has 0 fully saturated rings. The lowest BCUT2D eigenvalue weighted by Gasteiger charge is -2.09. The number of aromatic amines is 1. The molecular weight excluding hydrogens is 328 g/mol. The lowest BCUT2D eigenvalue weighted by molar-refractivity contribution is 0.0994. The zero-order chi connectivity index (χ0) is 13.8. The number of aromatic nitrogens is 2. The van der Waals surface area contributed by atoms with Crippen molar-refractivity contribution in [2.75, 3.05) is 0 Å². The Labute approximate surface area is 122 Å². The lowest BCUT2D eigenvalue weighted by atomic mass is 10.1. The highest BCUT2D eigenvalue weighted by Gasteiger charge is 2.17. The zero-order valence-electron chi connectivity index (χ0n) is 10.1. The van der Waals surface area contributed by atoms with Gasteiger partial charge >= 0.3 is 0 Å². The summed E-state index contributed by atoms with van der Waals surface area (Å²) in [6.45, 7) is 1.79. The number of hydrogen-bond donors (Lipinski definition) is 1. The molecule has 1 heterocycles. The molecule has 6 heteroatoms. The van der Waals surface area contributed by atoms with Crippen LogP contribution in [-0.2, 0) is 0 Å². The Morgan fingerprint density at radius 2 is 2.00 bits per heavy atom. The summed E-state index contributed by atoms with van der Waals surface area (Å²) in [5.41, 5.74) is 0.419. The first-order valence-corrected chi connectivity index (χ1v) is 7.25. The van der Waals surface area contributed by atoms with E-state index in [2.05, 4.69) is 25.9 Å². The first-order chi connectivity index (χ1) is 9.06. The van der Waals surface area contributed by atoms with Gasteiger partial charge in [0.25, 0.3) is 5.56 Å². The molecule has 0 aliphatic rings. The van der Waals surface area contributed by atoms with Crippen molar-refractivity contribution in [3.8, 4) is 0 Å². The molecule has 0 radical (unpaired) electrons. The number of halogens is 1. The van der Waals surface area contributed by atoms with Crippen LogP contribution in [0.4, 0.5) is 0 Å². The van der Waals surface area contributed by atoms with E-state index < -0.39 is 0 Å². The number of Topliss-reactive ketones (excluding diaryl/α,β-unsaturated/α-hetero) is 1. The Balaban J connectivity index is 2.11. The van der Waals surface area contributed by atoms with Gasteiger partial charge in [-0.2, -0.15) is 0 Å². The second-order valence-electron chi connectivity index (χ2n) is 3.87. The quantitative estimate of drug-likeness (QED) is 0.529. The molecule has 0 aliphatic heterocycles. The van der Waals surface area contributed by atoms with Crippen molar-refractivity contribution in [2.45, 2.75) is 17.3 Å². The van der Waals surface area contributed by atoms with Crippen LogP contribution in [0.1, 0.15) is 17.3 Å². The molecule has 0 amide bonds. The molecule has 2 aromatic rings. The largest absolute Gasteiger partial charge is 0.301 e. The molecule has 1 N–H and O–H groups in total. The fourth-order valence-corrected chi connectivity index (χ4v) is 2.61. The maximum Gasteiger partial charge on any atom is 0.251 e. The van der Waals surface area contributed by atoms with Crippen molar-refractivity contribution in [3.63, 3.8) is 0 Å². The highest BCUT2D eigenvalue weighted by atomic mass is 79.9. The first-order valence-electron chi connectivity index (χ1n) is 5.58. The number of rotatable bonds is 4. The van der Waals surface area contributed by atoms with E-state index in [1.54, 1.807) is 19.1 Å². The molecule has 0 bridgehead atoms. The summed E-state index contributed by atoms with van der Waals surface area (Å²) in [6, 6.07) is 8.53. The van der Waals surface area contributed by atoms with Crippen molar-refractivity contribution in [1.29, 1.82) is 0 Å². The number of H-pyrrole nitrogens is 1. The van der Waals surface area contributed by atoms with Crippen LogP contribution in [0.25, 0.3) is 0 Å². The first kappa shape index (κ1) is 14.0. The number of thioether (sulfide) groups is 1. The van der Waals surface area contributed by atoms with E-state index >= 15 is 0 Å². The number of benzene rings is 1. The van der Waals surface area contributed by atoms with Gasteiger partial charge in [-0.1, -0.05) is 39.8 Å². The van der Waals surface area contributed by atoms with Gasteiger partial charge < -0.3 is 4.98 Å². The van der Waals surface area contributed by atoms with Crippen LogP contribution in [0.3, 0.4) is 0 Å². The van der Waals surface area contributed by atoms with Gasteiger partial charge in [0.1, 0.15) is 0 Å². The summed E-state index contributed by atoms with van der Waals surface area (Å²) in [6.07, 6.45) is 1.43. The maximum atomic E-state index is 12.2. The van der Waals surface area contributed by atoms with E-state index in [0.29, 0.717) is 10.7 Å². The van der Waals surface area contributed by atoms with E-state index in [1.165, 1.54) is 24.0 Å². The molecule has 1 atom stereocenters. The summed E-state index contributed by atoms with van der Waals surface area (Å²) in [7, 11) is 0. The van der Waals surface area contributed by atoms with Crippen LogP contribution in [0, 0.1) is 0 Å². The van der Waals surface area contributed by atoms with Crippen molar-refractivity contribution in [3.05, 3.63) is 56.9 Å². The third-order valence-corrected chi connectivity index (χ3v) is 3.96. The summed E-state index contributed by atoms with van der Waals surface area (Å²) >= 11 is 4.56. The van der Waals surface area contributed by atoms with Crippen LogP contribution in [0.5, 0.6) is 0 Å². The van der Waals surface area contributed by atoms with Gasteiger partial charge in [-0.05, 0) is 19.1 Å². The molecule has 1 aromatic carbocycles. The molecule has 19 heavy (non-hydrogen) atoms. The Kier molecular flexibility index (Phi) is 4.55. The summed E-state index contributed by atoms with van der Waals surface area (Å²) in [4.78, 5) is 29.9. The van der Waals surface area contributed by atoms with Gasteiger partial charge in [-0.15, -0.1) is 0 Å². The van der Waals surface area contributed by atoms with Crippen molar-refractivity contribution in [1.82, 2.24) is 9.97 Å². The third-order valence-electron chi connectivity index (χ3n) is 2.43. The lowest BCUT2D eigenvalue weighted by Crippen LogP contribution is -2.15. The van der Waals surface area contributed by atoms with E-state index in [0.717, 1.165) is 4.47 Å². The number of nitrogens with zero attached hydrogens (tertiary/aromatic N) is 1. The highest BCUT2D eigenvalue weighted by molar-refractivity contribution is 9.10. The molecule has 0 spiro atoms. The number of nitrogens with one attached hydrogen (secondary N) is 1. The van der Waals surface area contributed by atoms with Crippen LogP contribution in [0.15, 0.2) is 51.0 Å². The fourth-order valence-electron chi connectivity index (χ4n) is 1.48. The Morgan fingerprint density at radius 1 is 1.32 bits per heavy atom. The van der Waals surface area contributed by atoms with Crippen LogP contribution >= 0.6 is 27.7 Å². The highest BCUT2D eigenvalue weighted by Crippen LogP contribution is 2.22. The molecule has 98 valence electrons. The molecule has 0 saturated carbocycles. The van der Waals surface area contributed by atoms with Crippen LogP contribution in [-0.4, -0.2) is 21.0 Å². The van der Waals surface area contributed by atoms with Gasteiger partial charge in [0.15, 0.2) is 10.9 Å². The predicted octanol–water partition coefficient (Wildman–Crippen LogP) is 2.90. The predicted molar refractivity (Wildman–Crippen MR) is 78.6 cm³/mol. The van der Waals surface area contributed by atoms with Gasteiger partial charge in [-0.3, -0.25) is 9.59 Å². The monoisotopic (exact) mass is 338 g/mol. The Morgan fingerprint density at radius 3 is 2.63 bits per heavy atom. The van der Waals surface area contributed by atoms with Gasteiger partial charge in [0, 0.05) is 22.3 Å². The molecule has 0 aliphatic carbocycles. The summed E-state index contributed by atoms with van der Waals surface area (Å²) < 4.78 is 0.929. The third kappa shape index (κ3) is 3.78. The second kappa shape index (κ2) is 6.16. The Bertz CT molecular complexity index is 640. The number of ketones is 1. The maximum absolute atomic E-state index is 12.2. The number of carbonyl (C=O) groups is 1. The summed E-state index contributed by atoms with van der Waals surface area (Å²) in [5.74, 6) is 0.00371. The molecule has 1 aromatic heterocycles. The molecule has 0 saturated heterocycles. The molecule has 1 unspecified atom stereocenters. The van der Waals surface area contributed by atoms with Gasteiger partial charge in [0.2, 0.25) is 0 Å². The number of carbonyl (C=O) groups excluding carboxylic acids is 1. The van der Waals surface area contributed by atoms with Crippen molar-refractivity contribution < 1.29 is 4.79 Å². The van der Waals surface area contributed by atoms with Crippen molar-refractivity contribution >= 4 is 33.5 Å². The second-order valence-corrected chi connectivity index (χ2v) is 6.12. The van der Waals surface area contributed by atoms with Crippen LogP contribution < -0.4 is 5.56 Å². The van der Waals surface area contributed by atoms with E-state index in [9.17, 15) is 9.59 Å². The van der Waals surface area contributed by atoms with Crippen LogP contribution in [0.2, 0.25) is 0 Å². The fraction of sp³-hybridized carbons (Fsp3) is 0.154. The van der Waals surface area contributed by atoms with Crippen molar-refractivity contribution in [2.24, 2.45) is 0 Å². The smallest absolute Gasteiger partial charge is 0.251 e. The average molecular weight is 339 g/mol. The van der Waals surface area contributed by atoms with Gasteiger partial charge in [-0.25, -0.2) is 4.98 Å². The van der Waals surface area contributed by atoms with Gasteiger partial charge in [0.05, 0.1) is 5.25 Å². The minimum atomic E-state index is -0.313. The topological polar surface area (TPSA) is 62.8 Å². The minimum absolute atomic E-state index is 0.00371. The SMILES string of the molecule is CC(Sc1nccc(=O)[nH]1)C(=O)c1ccc(Br)cc1. The number of hydrogen-bond acceptors (Lipinski definition) is 4. The molecular formula is C13H11BrN2O2S. The average Bonchev–Trinajstić information content (AvgIpc) is 2.39. The summed E-state index contributed by atoms with van der Waals surface area (Å²) in [5, 5.41) is 0.136.